The quantitative estimate of drug-likeness (QED) is 0.748. The van der Waals surface area contributed by atoms with Crippen LogP contribution in [0.5, 0.6) is 0 Å². The standard InChI is InChI=1S/C14H20N4O2S/c1-8-5-13(15)10(3)14(9(8)2)21(19,20)17-7-12-6-16-18-11(12)4/h5-6,17H,7,15H2,1-4H3,(H,16,18). The Bertz CT molecular complexity index is 752. The molecule has 1 heterocycles. The summed E-state index contributed by atoms with van der Waals surface area (Å²) >= 11 is 0. The van der Waals surface area contributed by atoms with E-state index < -0.39 is 10.0 Å². The van der Waals surface area contributed by atoms with Gasteiger partial charge < -0.3 is 5.73 Å². The second-order valence-electron chi connectivity index (χ2n) is 5.21. The van der Waals surface area contributed by atoms with Gasteiger partial charge in [0, 0.05) is 23.5 Å². The van der Waals surface area contributed by atoms with E-state index in [1.807, 2.05) is 13.8 Å². The van der Waals surface area contributed by atoms with E-state index in [2.05, 4.69) is 14.9 Å². The molecule has 0 spiro atoms. The Kier molecular flexibility index (Phi) is 4.06. The summed E-state index contributed by atoms with van der Waals surface area (Å²) in [6.07, 6.45) is 1.61. The number of nitrogens with two attached hydrogens (primary N) is 1. The molecule has 7 heteroatoms. The Balaban J connectivity index is 2.39. The minimum atomic E-state index is -3.63. The first-order chi connectivity index (χ1) is 9.74. The van der Waals surface area contributed by atoms with Crippen LogP contribution in [0.15, 0.2) is 17.2 Å². The molecule has 4 N–H and O–H groups in total. The number of aryl methyl sites for hydroxylation is 2. The number of sulfonamides is 1. The SMILES string of the molecule is Cc1cc(N)c(C)c(S(=O)(=O)NCc2cn[nH]c2C)c1C. The number of benzene rings is 1. The van der Waals surface area contributed by atoms with Crippen molar-refractivity contribution >= 4 is 15.7 Å². The highest BCUT2D eigenvalue weighted by atomic mass is 32.2. The maximum Gasteiger partial charge on any atom is 0.241 e. The molecular weight excluding hydrogens is 288 g/mol. The van der Waals surface area contributed by atoms with Crippen molar-refractivity contribution < 1.29 is 8.42 Å². The van der Waals surface area contributed by atoms with Gasteiger partial charge >= 0.3 is 0 Å². The van der Waals surface area contributed by atoms with Crippen LogP contribution in [-0.4, -0.2) is 18.6 Å². The summed E-state index contributed by atoms with van der Waals surface area (Å²) in [5.41, 5.74) is 10.2. The van der Waals surface area contributed by atoms with Gasteiger partial charge in [0.05, 0.1) is 11.1 Å². The molecule has 21 heavy (non-hydrogen) atoms. The Morgan fingerprint density at radius 3 is 2.48 bits per heavy atom. The van der Waals surface area contributed by atoms with Crippen molar-refractivity contribution in [1.29, 1.82) is 0 Å². The van der Waals surface area contributed by atoms with Gasteiger partial charge in [0.1, 0.15) is 0 Å². The van der Waals surface area contributed by atoms with Crippen molar-refractivity contribution in [2.75, 3.05) is 5.73 Å². The van der Waals surface area contributed by atoms with Gasteiger partial charge in [-0.1, -0.05) is 0 Å². The van der Waals surface area contributed by atoms with E-state index in [0.29, 0.717) is 11.3 Å². The van der Waals surface area contributed by atoms with Crippen molar-refractivity contribution in [3.8, 4) is 0 Å². The first-order valence-corrected chi connectivity index (χ1v) is 8.07. The van der Waals surface area contributed by atoms with E-state index in [1.54, 1.807) is 26.1 Å². The Labute approximate surface area is 124 Å². The maximum atomic E-state index is 12.6. The van der Waals surface area contributed by atoms with Crippen LogP contribution in [0.1, 0.15) is 27.9 Å². The smallest absolute Gasteiger partial charge is 0.241 e. The molecular formula is C14H20N4O2S. The summed E-state index contributed by atoms with van der Waals surface area (Å²) in [5.74, 6) is 0. The molecule has 0 bridgehead atoms. The van der Waals surface area contributed by atoms with Crippen LogP contribution < -0.4 is 10.5 Å². The second-order valence-corrected chi connectivity index (χ2v) is 6.91. The molecule has 2 rings (SSSR count). The van der Waals surface area contributed by atoms with Gasteiger partial charge in [-0.3, -0.25) is 5.10 Å². The zero-order chi connectivity index (χ0) is 15.8. The fourth-order valence-electron chi connectivity index (χ4n) is 2.24. The van der Waals surface area contributed by atoms with Gasteiger partial charge in [-0.2, -0.15) is 5.10 Å². The van der Waals surface area contributed by atoms with Crippen LogP contribution in [0.4, 0.5) is 5.69 Å². The lowest BCUT2D eigenvalue weighted by molar-refractivity contribution is 0.580. The number of hydrogen-bond acceptors (Lipinski definition) is 4. The molecule has 0 aliphatic rings. The van der Waals surface area contributed by atoms with E-state index in [0.717, 1.165) is 22.4 Å². The van der Waals surface area contributed by atoms with Crippen molar-refractivity contribution in [2.24, 2.45) is 0 Å². The topological polar surface area (TPSA) is 101 Å². The summed E-state index contributed by atoms with van der Waals surface area (Å²) < 4.78 is 27.8. The van der Waals surface area contributed by atoms with Gasteiger partial charge in [0.2, 0.25) is 10.0 Å². The van der Waals surface area contributed by atoms with Gasteiger partial charge in [-0.15, -0.1) is 0 Å². The summed E-state index contributed by atoms with van der Waals surface area (Å²) in [5, 5.41) is 6.66. The number of nitrogens with zero attached hydrogens (tertiary/aromatic N) is 1. The van der Waals surface area contributed by atoms with E-state index in [1.165, 1.54) is 0 Å². The highest BCUT2D eigenvalue weighted by Crippen LogP contribution is 2.27. The zero-order valence-electron chi connectivity index (χ0n) is 12.6. The molecule has 0 radical (unpaired) electrons. The van der Waals surface area contributed by atoms with Crippen LogP contribution in [0.3, 0.4) is 0 Å². The van der Waals surface area contributed by atoms with Crippen LogP contribution >= 0.6 is 0 Å². The lowest BCUT2D eigenvalue weighted by atomic mass is 10.1. The molecule has 2 aromatic rings. The van der Waals surface area contributed by atoms with Gasteiger partial charge in [0.25, 0.3) is 0 Å². The highest BCUT2D eigenvalue weighted by Gasteiger charge is 2.22. The van der Waals surface area contributed by atoms with Crippen molar-refractivity contribution in [3.63, 3.8) is 0 Å². The molecule has 0 saturated heterocycles. The lowest BCUT2D eigenvalue weighted by Crippen LogP contribution is -2.25. The third-order valence-corrected chi connectivity index (χ3v) is 5.41. The Morgan fingerprint density at radius 2 is 1.90 bits per heavy atom. The first kappa shape index (κ1) is 15.5. The largest absolute Gasteiger partial charge is 0.398 e. The lowest BCUT2D eigenvalue weighted by Gasteiger charge is -2.15. The number of aromatic amines is 1. The molecule has 0 atom stereocenters. The molecule has 0 saturated carbocycles. The average Bonchev–Trinajstić information content (AvgIpc) is 2.80. The zero-order valence-corrected chi connectivity index (χ0v) is 13.4. The molecule has 6 nitrogen and oxygen atoms in total. The second kappa shape index (κ2) is 5.50. The van der Waals surface area contributed by atoms with Crippen LogP contribution in [0.2, 0.25) is 0 Å². The number of anilines is 1. The van der Waals surface area contributed by atoms with Gasteiger partial charge in [0.15, 0.2) is 0 Å². The van der Waals surface area contributed by atoms with Crippen LogP contribution in [-0.2, 0) is 16.6 Å². The number of nitrogen functional groups attached to an aromatic ring is 1. The highest BCUT2D eigenvalue weighted by molar-refractivity contribution is 7.89. The van der Waals surface area contributed by atoms with E-state index in [-0.39, 0.29) is 11.4 Å². The Hall–Kier alpha value is -1.86. The van der Waals surface area contributed by atoms with Crippen molar-refractivity contribution in [1.82, 2.24) is 14.9 Å². The molecule has 0 aliphatic carbocycles. The summed E-state index contributed by atoms with van der Waals surface area (Å²) in [6.45, 7) is 7.40. The predicted molar refractivity (Wildman–Crippen MR) is 82.4 cm³/mol. The number of hydrogen-bond donors (Lipinski definition) is 3. The van der Waals surface area contributed by atoms with Crippen LogP contribution in [0, 0.1) is 27.7 Å². The normalized spacial score (nSPS) is 11.8. The Morgan fingerprint density at radius 1 is 1.24 bits per heavy atom. The summed E-state index contributed by atoms with van der Waals surface area (Å²) in [7, 11) is -3.63. The monoisotopic (exact) mass is 308 g/mol. The maximum absolute atomic E-state index is 12.6. The summed E-state index contributed by atoms with van der Waals surface area (Å²) in [4.78, 5) is 0.265. The van der Waals surface area contributed by atoms with E-state index in [9.17, 15) is 8.42 Å². The minimum Gasteiger partial charge on any atom is -0.398 e. The molecule has 0 fully saturated rings. The minimum absolute atomic E-state index is 0.192. The fourth-order valence-corrected chi connectivity index (χ4v) is 3.82. The molecule has 114 valence electrons. The predicted octanol–water partition coefficient (Wildman–Crippen LogP) is 1.70. The number of aromatic nitrogens is 2. The summed E-state index contributed by atoms with van der Waals surface area (Å²) in [6, 6.07) is 1.80. The molecule has 0 aliphatic heterocycles. The number of nitrogens with one attached hydrogen (secondary N) is 2. The fraction of sp³-hybridized carbons (Fsp3) is 0.357. The number of rotatable bonds is 4. The van der Waals surface area contributed by atoms with Crippen LogP contribution in [0.25, 0.3) is 0 Å². The van der Waals surface area contributed by atoms with Crippen molar-refractivity contribution in [2.45, 2.75) is 39.1 Å². The van der Waals surface area contributed by atoms with Gasteiger partial charge in [-0.25, -0.2) is 13.1 Å². The molecule has 0 unspecified atom stereocenters. The van der Waals surface area contributed by atoms with Crippen molar-refractivity contribution in [3.05, 3.63) is 40.2 Å². The van der Waals surface area contributed by atoms with E-state index in [4.69, 9.17) is 5.73 Å². The third-order valence-electron chi connectivity index (χ3n) is 3.73. The average molecular weight is 308 g/mol. The van der Waals surface area contributed by atoms with E-state index >= 15 is 0 Å². The first-order valence-electron chi connectivity index (χ1n) is 6.59. The third kappa shape index (κ3) is 2.93. The van der Waals surface area contributed by atoms with Gasteiger partial charge in [-0.05, 0) is 50.5 Å². The molecule has 0 amide bonds. The molecule has 1 aromatic heterocycles. The molecule has 1 aromatic carbocycles. The number of H-pyrrole nitrogens is 1.